The van der Waals surface area contributed by atoms with E-state index in [0.717, 1.165) is 0 Å². The van der Waals surface area contributed by atoms with Crippen LogP contribution in [-0.2, 0) is 0 Å². The molecular weight excluding hydrogens is 166 g/mol. The maximum absolute atomic E-state index is 11.4. The third-order valence-electron chi connectivity index (χ3n) is 1.77. The number of nitrogens with two attached hydrogens (primary N) is 1. The van der Waals surface area contributed by atoms with Gasteiger partial charge in [-0.3, -0.25) is 4.79 Å². The van der Waals surface area contributed by atoms with Crippen LogP contribution in [0.5, 0.6) is 0 Å². The maximum Gasteiger partial charge on any atom is 0.166 e. The molecule has 0 spiro atoms. The van der Waals surface area contributed by atoms with Gasteiger partial charge in [0.1, 0.15) is 5.82 Å². The second kappa shape index (κ2) is 3.89. The van der Waals surface area contributed by atoms with Crippen molar-refractivity contribution >= 4 is 17.3 Å². The number of hydrogen-bond acceptors (Lipinski definition) is 4. The van der Waals surface area contributed by atoms with Crippen molar-refractivity contribution in [1.29, 1.82) is 0 Å². The Hall–Kier alpha value is -1.58. The van der Waals surface area contributed by atoms with Crippen molar-refractivity contribution in [3.05, 3.63) is 17.8 Å². The number of hydrogen-bond donors (Lipinski definition) is 2. The number of carbonyl (C=O) groups is 1. The highest BCUT2D eigenvalue weighted by atomic mass is 16.1. The molecule has 0 aromatic carbocycles. The van der Waals surface area contributed by atoms with Gasteiger partial charge < -0.3 is 11.1 Å². The molecule has 0 bridgehead atoms. The van der Waals surface area contributed by atoms with Gasteiger partial charge in [-0.2, -0.15) is 0 Å². The highest BCUT2D eigenvalue weighted by Gasteiger charge is 2.09. The van der Waals surface area contributed by atoms with Gasteiger partial charge >= 0.3 is 0 Å². The van der Waals surface area contributed by atoms with Crippen LogP contribution in [0.1, 0.15) is 23.7 Å². The lowest BCUT2D eigenvalue weighted by molar-refractivity contribution is 0.0988. The highest BCUT2D eigenvalue weighted by molar-refractivity contribution is 6.00. The summed E-state index contributed by atoms with van der Waals surface area (Å²) in [4.78, 5) is 15.4. The summed E-state index contributed by atoms with van der Waals surface area (Å²) in [6.45, 7) is 1.81. The first kappa shape index (κ1) is 9.51. The predicted octanol–water partition coefficient (Wildman–Crippen LogP) is 1.30. The molecule has 3 N–H and O–H groups in total. The first-order valence-corrected chi connectivity index (χ1v) is 4.15. The zero-order chi connectivity index (χ0) is 9.84. The van der Waals surface area contributed by atoms with E-state index in [1.807, 2.05) is 6.92 Å². The number of Topliss-reactive ketones (excluding diaryl/α,β-unsaturated/α-hetero) is 1. The van der Waals surface area contributed by atoms with Gasteiger partial charge in [0, 0.05) is 13.5 Å². The van der Waals surface area contributed by atoms with Crippen molar-refractivity contribution in [1.82, 2.24) is 4.98 Å². The van der Waals surface area contributed by atoms with Gasteiger partial charge in [0.15, 0.2) is 5.78 Å². The molecule has 1 aromatic rings. The maximum atomic E-state index is 11.4. The summed E-state index contributed by atoms with van der Waals surface area (Å²) in [7, 11) is 1.73. The van der Waals surface area contributed by atoms with E-state index < -0.39 is 0 Å². The molecule has 0 radical (unpaired) electrons. The Kier molecular flexibility index (Phi) is 2.84. The van der Waals surface area contributed by atoms with Crippen LogP contribution in [-0.4, -0.2) is 17.8 Å². The molecule has 4 nitrogen and oxygen atoms in total. The van der Waals surface area contributed by atoms with Crippen molar-refractivity contribution in [3.8, 4) is 0 Å². The van der Waals surface area contributed by atoms with Crippen LogP contribution in [0.25, 0.3) is 0 Å². The van der Waals surface area contributed by atoms with E-state index >= 15 is 0 Å². The fourth-order valence-corrected chi connectivity index (χ4v) is 1.08. The van der Waals surface area contributed by atoms with E-state index in [9.17, 15) is 4.79 Å². The molecule has 4 heteroatoms. The van der Waals surface area contributed by atoms with Gasteiger partial charge in [-0.15, -0.1) is 0 Å². The highest BCUT2D eigenvalue weighted by Crippen LogP contribution is 2.16. The summed E-state index contributed by atoms with van der Waals surface area (Å²) in [5.74, 6) is 0.630. The van der Waals surface area contributed by atoms with Gasteiger partial charge in [0.25, 0.3) is 0 Å². The Labute approximate surface area is 77.2 Å². The lowest BCUT2D eigenvalue weighted by atomic mass is 10.1. The fourth-order valence-electron chi connectivity index (χ4n) is 1.08. The van der Waals surface area contributed by atoms with Crippen molar-refractivity contribution < 1.29 is 4.79 Å². The van der Waals surface area contributed by atoms with Crippen LogP contribution in [0.3, 0.4) is 0 Å². The molecule has 0 saturated carbocycles. The molecule has 13 heavy (non-hydrogen) atoms. The third-order valence-corrected chi connectivity index (χ3v) is 1.77. The molecule has 0 saturated heterocycles. The van der Waals surface area contributed by atoms with Crippen LogP contribution < -0.4 is 11.1 Å². The minimum absolute atomic E-state index is 0.0455. The number of carbonyl (C=O) groups excluding carboxylic acids is 1. The minimum atomic E-state index is 0.0455. The summed E-state index contributed by atoms with van der Waals surface area (Å²) < 4.78 is 0. The van der Waals surface area contributed by atoms with Crippen LogP contribution in [0, 0.1) is 0 Å². The zero-order valence-corrected chi connectivity index (χ0v) is 7.79. The van der Waals surface area contributed by atoms with E-state index in [0.29, 0.717) is 23.5 Å². The first-order chi connectivity index (χ1) is 6.19. The predicted molar refractivity (Wildman–Crippen MR) is 52.8 cm³/mol. The van der Waals surface area contributed by atoms with E-state index in [-0.39, 0.29) is 5.78 Å². The number of ketones is 1. The normalized spacial score (nSPS) is 9.69. The van der Waals surface area contributed by atoms with Gasteiger partial charge in [-0.05, 0) is 6.07 Å². The summed E-state index contributed by atoms with van der Waals surface area (Å²) in [6.07, 6.45) is 1.98. The molecule has 0 amide bonds. The number of anilines is 2. The molecule has 1 rings (SSSR count). The molecule has 0 unspecified atom stereocenters. The van der Waals surface area contributed by atoms with Gasteiger partial charge in [0.05, 0.1) is 17.4 Å². The number of pyridine rings is 1. The molecule has 0 atom stereocenters. The summed E-state index contributed by atoms with van der Waals surface area (Å²) >= 11 is 0. The Bertz CT molecular complexity index is 323. The summed E-state index contributed by atoms with van der Waals surface area (Å²) in [6, 6.07) is 1.64. The van der Waals surface area contributed by atoms with Crippen LogP contribution in [0.4, 0.5) is 11.5 Å². The summed E-state index contributed by atoms with van der Waals surface area (Å²) in [5, 5.41) is 2.85. The molecule has 0 aliphatic carbocycles. The van der Waals surface area contributed by atoms with Crippen molar-refractivity contribution in [2.24, 2.45) is 0 Å². The molecular formula is C9H13N3O. The number of rotatable bonds is 3. The minimum Gasteiger partial charge on any atom is -0.397 e. The van der Waals surface area contributed by atoms with Crippen molar-refractivity contribution in [2.45, 2.75) is 13.3 Å². The lowest BCUT2D eigenvalue weighted by Crippen LogP contribution is -2.05. The third kappa shape index (κ3) is 1.96. The van der Waals surface area contributed by atoms with Gasteiger partial charge in [-0.25, -0.2) is 4.98 Å². The summed E-state index contributed by atoms with van der Waals surface area (Å²) in [5.41, 5.74) is 6.60. The average Bonchev–Trinajstić information content (AvgIpc) is 2.16. The lowest BCUT2D eigenvalue weighted by Gasteiger charge is -2.06. The molecule has 0 aliphatic rings. The fraction of sp³-hybridized carbons (Fsp3) is 0.333. The molecule has 1 heterocycles. The number of nitrogens with one attached hydrogen (secondary N) is 1. The first-order valence-electron chi connectivity index (χ1n) is 4.15. The van der Waals surface area contributed by atoms with E-state index in [1.54, 1.807) is 13.1 Å². The van der Waals surface area contributed by atoms with Gasteiger partial charge in [-0.1, -0.05) is 6.92 Å². The van der Waals surface area contributed by atoms with Crippen molar-refractivity contribution in [2.75, 3.05) is 18.1 Å². The van der Waals surface area contributed by atoms with Crippen LogP contribution in [0.2, 0.25) is 0 Å². The van der Waals surface area contributed by atoms with E-state index in [2.05, 4.69) is 10.3 Å². The SMILES string of the molecule is CCC(=O)c1cc(N)cnc1NC. The standard InChI is InChI=1S/C9H13N3O/c1-3-8(13)7-4-6(10)5-12-9(7)11-2/h4-5H,3,10H2,1-2H3,(H,11,12). The smallest absolute Gasteiger partial charge is 0.166 e. The Morgan fingerprint density at radius 2 is 2.38 bits per heavy atom. The van der Waals surface area contributed by atoms with Crippen molar-refractivity contribution in [3.63, 3.8) is 0 Å². The second-order valence-corrected chi connectivity index (χ2v) is 2.69. The second-order valence-electron chi connectivity index (χ2n) is 2.69. The quantitative estimate of drug-likeness (QED) is 0.686. The van der Waals surface area contributed by atoms with E-state index in [4.69, 9.17) is 5.73 Å². The zero-order valence-electron chi connectivity index (χ0n) is 7.79. The largest absolute Gasteiger partial charge is 0.397 e. The number of nitrogen functional groups attached to an aromatic ring is 1. The number of nitrogens with zero attached hydrogens (tertiary/aromatic N) is 1. The van der Waals surface area contributed by atoms with Crippen LogP contribution >= 0.6 is 0 Å². The monoisotopic (exact) mass is 179 g/mol. The topological polar surface area (TPSA) is 68.0 Å². The Morgan fingerprint density at radius 3 is 2.92 bits per heavy atom. The molecule has 0 aliphatic heterocycles. The number of aromatic nitrogens is 1. The van der Waals surface area contributed by atoms with Crippen LogP contribution in [0.15, 0.2) is 12.3 Å². The molecule has 0 fully saturated rings. The Morgan fingerprint density at radius 1 is 1.69 bits per heavy atom. The van der Waals surface area contributed by atoms with E-state index in [1.165, 1.54) is 6.20 Å². The molecule has 1 aromatic heterocycles. The molecule has 70 valence electrons. The Balaban J connectivity index is 3.15. The average molecular weight is 179 g/mol. The van der Waals surface area contributed by atoms with Gasteiger partial charge in [0.2, 0.25) is 0 Å².